The third-order valence-corrected chi connectivity index (χ3v) is 1.16. The summed E-state index contributed by atoms with van der Waals surface area (Å²) >= 11 is 0. The molecule has 0 aliphatic heterocycles. The summed E-state index contributed by atoms with van der Waals surface area (Å²) in [6.45, 7) is 5.75. The fourth-order valence-corrected chi connectivity index (χ4v) is 0.848. The lowest BCUT2D eigenvalue weighted by Crippen LogP contribution is -2.10. The topological polar surface area (TPSA) is 29.1 Å². The van der Waals surface area contributed by atoms with Gasteiger partial charge in [0, 0.05) is 0 Å². The second-order valence-electron chi connectivity index (χ2n) is 2.72. The molecule has 0 aliphatic carbocycles. The van der Waals surface area contributed by atoms with E-state index >= 15 is 0 Å². The first-order chi connectivity index (χ1) is 4.16. The Labute approximate surface area is 56.8 Å². The van der Waals surface area contributed by atoms with Crippen LogP contribution in [0, 0.1) is 5.92 Å². The molecule has 1 radical (unpaired) electrons. The van der Waals surface area contributed by atoms with Gasteiger partial charge in [-0.15, -0.1) is 0 Å². The van der Waals surface area contributed by atoms with E-state index in [9.17, 15) is 5.11 Å². The summed E-state index contributed by atoms with van der Waals surface area (Å²) in [5, 5.41) is 9.90. The Hall–Kier alpha value is -0.0800. The molecule has 1 atom stereocenters. The normalized spacial score (nSPS) is 14.3. The minimum atomic E-state index is -0.409. The lowest BCUT2D eigenvalue weighted by Gasteiger charge is -2.11. The highest BCUT2D eigenvalue weighted by molar-refractivity contribution is 4.52. The molecule has 55 valence electrons. The van der Waals surface area contributed by atoms with Crippen LogP contribution in [-0.2, 0) is 9.84 Å². The Morgan fingerprint density at radius 3 is 2.22 bits per heavy atom. The number of hydrogen-bond donors (Lipinski definition) is 0. The van der Waals surface area contributed by atoms with Crippen molar-refractivity contribution in [2.45, 2.75) is 33.3 Å². The molecule has 0 spiro atoms. The number of ether oxygens (including phenoxy) is 1. The van der Waals surface area contributed by atoms with E-state index in [0.29, 0.717) is 5.92 Å². The highest BCUT2D eigenvalue weighted by Crippen LogP contribution is 2.06. The van der Waals surface area contributed by atoms with Gasteiger partial charge in [0.1, 0.15) is 0 Å². The first-order valence-electron chi connectivity index (χ1n) is 3.36. The van der Waals surface area contributed by atoms with Crippen LogP contribution in [0.15, 0.2) is 0 Å². The van der Waals surface area contributed by atoms with Crippen molar-refractivity contribution < 1.29 is 9.84 Å². The van der Waals surface area contributed by atoms with Gasteiger partial charge in [-0.05, 0) is 19.3 Å². The third kappa shape index (κ3) is 5.80. The van der Waals surface area contributed by atoms with Crippen LogP contribution < -0.4 is 0 Å². The molecule has 0 bridgehead atoms. The molecular formula is C7H15O2. The Morgan fingerprint density at radius 2 is 1.89 bits per heavy atom. The summed E-state index contributed by atoms with van der Waals surface area (Å²) in [5.41, 5.74) is 0. The molecule has 0 rings (SSSR count). The van der Waals surface area contributed by atoms with Crippen LogP contribution in [0.3, 0.4) is 0 Å². The Balaban J connectivity index is 3.15. The standard InChI is InChI=1S/C7H15O2/c1-6(2)4-7(3)9-5-8/h6-7H,4-5H2,1-3H3. The van der Waals surface area contributed by atoms with Crippen LogP contribution in [0.25, 0.3) is 0 Å². The van der Waals surface area contributed by atoms with Crippen LogP contribution in [0.2, 0.25) is 0 Å². The van der Waals surface area contributed by atoms with Crippen molar-refractivity contribution in [1.82, 2.24) is 0 Å². The van der Waals surface area contributed by atoms with Crippen LogP contribution >= 0.6 is 0 Å². The van der Waals surface area contributed by atoms with Gasteiger partial charge in [-0.25, -0.2) is 5.11 Å². The van der Waals surface area contributed by atoms with Crippen LogP contribution in [0.4, 0.5) is 0 Å². The van der Waals surface area contributed by atoms with E-state index in [0.717, 1.165) is 6.42 Å². The summed E-state index contributed by atoms with van der Waals surface area (Å²) in [7, 11) is 0. The summed E-state index contributed by atoms with van der Waals surface area (Å²) < 4.78 is 4.80. The molecule has 0 saturated heterocycles. The lowest BCUT2D eigenvalue weighted by molar-refractivity contribution is -0.0823. The number of hydrogen-bond acceptors (Lipinski definition) is 1. The molecular weight excluding hydrogens is 116 g/mol. The predicted octanol–water partition coefficient (Wildman–Crippen LogP) is 1.83. The zero-order valence-electron chi connectivity index (χ0n) is 6.39. The fraction of sp³-hybridized carbons (Fsp3) is 1.00. The summed E-state index contributed by atoms with van der Waals surface area (Å²) in [6.07, 6.45) is 1.10. The van der Waals surface area contributed by atoms with Gasteiger partial charge >= 0.3 is 0 Å². The van der Waals surface area contributed by atoms with E-state index in [4.69, 9.17) is 4.74 Å². The number of rotatable bonds is 4. The maximum Gasteiger partial charge on any atom is 0.181 e. The minimum Gasteiger partial charge on any atom is -0.349 e. The smallest absolute Gasteiger partial charge is 0.181 e. The first-order valence-corrected chi connectivity index (χ1v) is 3.36. The van der Waals surface area contributed by atoms with Crippen LogP contribution in [0.1, 0.15) is 27.2 Å². The van der Waals surface area contributed by atoms with E-state index < -0.39 is 6.79 Å². The minimum absolute atomic E-state index is 0.127. The fourth-order valence-electron chi connectivity index (χ4n) is 0.848. The monoisotopic (exact) mass is 131 g/mol. The molecule has 2 heteroatoms. The van der Waals surface area contributed by atoms with Crippen LogP contribution in [-0.4, -0.2) is 12.9 Å². The average molecular weight is 131 g/mol. The molecule has 0 aromatic heterocycles. The molecule has 0 fully saturated rings. The van der Waals surface area contributed by atoms with E-state index in [1.807, 2.05) is 6.92 Å². The zero-order chi connectivity index (χ0) is 7.28. The highest BCUT2D eigenvalue weighted by Gasteiger charge is 2.03. The third-order valence-electron chi connectivity index (χ3n) is 1.16. The van der Waals surface area contributed by atoms with Crippen molar-refractivity contribution in [2.75, 3.05) is 6.79 Å². The van der Waals surface area contributed by atoms with Gasteiger partial charge in [0.05, 0.1) is 6.10 Å². The van der Waals surface area contributed by atoms with E-state index in [1.165, 1.54) is 0 Å². The van der Waals surface area contributed by atoms with E-state index in [2.05, 4.69) is 13.8 Å². The summed E-state index contributed by atoms with van der Waals surface area (Å²) in [4.78, 5) is 0. The van der Waals surface area contributed by atoms with Crippen molar-refractivity contribution in [3.8, 4) is 0 Å². The predicted molar refractivity (Wildman–Crippen MR) is 35.6 cm³/mol. The molecule has 0 aliphatic rings. The maximum absolute atomic E-state index is 9.90. The average Bonchev–Trinajstić information content (AvgIpc) is 1.63. The molecule has 0 amide bonds. The molecule has 2 nitrogen and oxygen atoms in total. The van der Waals surface area contributed by atoms with Crippen molar-refractivity contribution in [3.05, 3.63) is 0 Å². The highest BCUT2D eigenvalue weighted by atomic mass is 16.6. The summed E-state index contributed by atoms with van der Waals surface area (Å²) in [5.74, 6) is 0.617. The SMILES string of the molecule is CC(C)CC(C)OC[O]. The van der Waals surface area contributed by atoms with Gasteiger partial charge < -0.3 is 4.74 Å². The zero-order valence-corrected chi connectivity index (χ0v) is 6.39. The largest absolute Gasteiger partial charge is 0.349 e. The van der Waals surface area contributed by atoms with Gasteiger partial charge in [0.2, 0.25) is 0 Å². The summed E-state index contributed by atoms with van der Waals surface area (Å²) in [6, 6.07) is 0. The molecule has 0 aromatic carbocycles. The van der Waals surface area contributed by atoms with Crippen molar-refractivity contribution >= 4 is 0 Å². The van der Waals surface area contributed by atoms with Gasteiger partial charge in [-0.2, -0.15) is 0 Å². The van der Waals surface area contributed by atoms with E-state index in [-0.39, 0.29) is 6.10 Å². The van der Waals surface area contributed by atoms with Crippen molar-refractivity contribution in [3.63, 3.8) is 0 Å². The molecule has 1 unspecified atom stereocenters. The van der Waals surface area contributed by atoms with Gasteiger partial charge in [-0.3, -0.25) is 0 Å². The van der Waals surface area contributed by atoms with Gasteiger partial charge in [-0.1, -0.05) is 13.8 Å². The molecule has 0 N–H and O–H groups in total. The van der Waals surface area contributed by atoms with Gasteiger partial charge in [0.15, 0.2) is 6.79 Å². The second-order valence-corrected chi connectivity index (χ2v) is 2.72. The molecule has 0 aromatic rings. The van der Waals surface area contributed by atoms with Crippen molar-refractivity contribution in [1.29, 1.82) is 0 Å². The van der Waals surface area contributed by atoms with Crippen LogP contribution in [0.5, 0.6) is 0 Å². The lowest BCUT2D eigenvalue weighted by atomic mass is 10.1. The Kier molecular flexibility index (Phi) is 4.72. The molecule has 0 heterocycles. The quantitative estimate of drug-likeness (QED) is 0.535. The first kappa shape index (κ1) is 8.92. The Bertz CT molecular complexity index is 61.9. The maximum atomic E-state index is 9.90. The van der Waals surface area contributed by atoms with Gasteiger partial charge in [0.25, 0.3) is 0 Å². The Morgan fingerprint density at radius 1 is 1.33 bits per heavy atom. The molecule has 9 heavy (non-hydrogen) atoms. The van der Waals surface area contributed by atoms with E-state index in [1.54, 1.807) is 0 Å². The van der Waals surface area contributed by atoms with Crippen molar-refractivity contribution in [2.24, 2.45) is 5.92 Å². The second kappa shape index (κ2) is 4.77. The molecule has 0 saturated carbocycles.